The SMILES string of the molecule is C.COC(=O)C1CC(=O)NC1c1cccc(F)c1.N[C@H]1CC(=O)NC1c1cccc(F)c1.O=C1C[C@H](C(=O)O)[C@@H](c2cccc(F)c2)N1.O=C1C[C@H](NC(=O)OCc2ccccc2)[C@@H](c2cccc(F)c2)N1.OCc1ccccc1.[B]. The molecule has 22 heteroatoms. The highest BCUT2D eigenvalue weighted by atomic mass is 19.1. The molecule has 9 N–H and O–H groups in total. The lowest BCUT2D eigenvalue weighted by molar-refractivity contribution is -0.146. The fraction of sp³-hybridized carbons (Fsp3) is 0.271. The number of hydrogen-bond donors (Lipinski definition) is 8. The number of ether oxygens (including phenoxy) is 2. The predicted octanol–water partition coefficient (Wildman–Crippen LogP) is 7.09. The lowest BCUT2D eigenvalue weighted by Gasteiger charge is -2.20. The van der Waals surface area contributed by atoms with Crippen molar-refractivity contribution < 1.29 is 70.8 Å². The molecule has 3 radical (unpaired) electrons. The van der Waals surface area contributed by atoms with Gasteiger partial charge in [-0.1, -0.05) is 117 Å². The van der Waals surface area contributed by atoms with Crippen molar-refractivity contribution in [3.05, 3.63) is 214 Å². The van der Waals surface area contributed by atoms with Crippen molar-refractivity contribution in [3.8, 4) is 0 Å². The van der Waals surface area contributed by atoms with Gasteiger partial charge in [0.2, 0.25) is 23.6 Å². The minimum Gasteiger partial charge on any atom is -0.481 e. The summed E-state index contributed by atoms with van der Waals surface area (Å²) in [6.45, 7) is 0.284. The quantitative estimate of drug-likeness (QED) is 0.0388. The second-order valence-corrected chi connectivity index (χ2v) is 18.4. The summed E-state index contributed by atoms with van der Waals surface area (Å²) in [6.07, 6.45) is -0.158. The van der Waals surface area contributed by atoms with E-state index in [0.717, 1.165) is 16.7 Å². The molecule has 4 heterocycles. The number of alkyl carbamates (subject to hydrolysis) is 1. The number of amides is 5. The second kappa shape index (κ2) is 31.6. The molecule has 4 fully saturated rings. The molecule has 5 amide bonds. The molecule has 8 atom stereocenters. The van der Waals surface area contributed by atoms with Crippen molar-refractivity contribution in [2.75, 3.05) is 7.11 Å². The van der Waals surface area contributed by atoms with Crippen LogP contribution in [0.4, 0.5) is 22.4 Å². The van der Waals surface area contributed by atoms with Crippen LogP contribution in [0.15, 0.2) is 158 Å². The normalized spacial score (nSPS) is 20.9. The first-order valence-electron chi connectivity index (χ1n) is 24.8. The molecule has 0 aromatic heterocycles. The molecule has 0 spiro atoms. The van der Waals surface area contributed by atoms with Crippen LogP contribution in [0.25, 0.3) is 0 Å². The van der Waals surface area contributed by atoms with E-state index in [9.17, 15) is 51.1 Å². The molecule has 4 aliphatic heterocycles. The summed E-state index contributed by atoms with van der Waals surface area (Å²) >= 11 is 0. The van der Waals surface area contributed by atoms with Crippen LogP contribution in [0.2, 0.25) is 0 Å². The lowest BCUT2D eigenvalue weighted by atomic mass is 9.94. The maximum absolute atomic E-state index is 13.4. The summed E-state index contributed by atoms with van der Waals surface area (Å²) < 4.78 is 62.2. The summed E-state index contributed by atoms with van der Waals surface area (Å²) in [7, 11) is 1.27. The van der Waals surface area contributed by atoms with Gasteiger partial charge in [0, 0.05) is 40.1 Å². The van der Waals surface area contributed by atoms with Gasteiger partial charge in [-0.05, 0) is 81.9 Å². The number of nitrogens with one attached hydrogen (secondary N) is 5. The number of halogens is 4. The molecule has 6 aromatic carbocycles. The van der Waals surface area contributed by atoms with Crippen LogP contribution in [-0.2, 0) is 51.5 Å². The second-order valence-electron chi connectivity index (χ2n) is 18.4. The predicted molar refractivity (Wildman–Crippen MR) is 291 cm³/mol. The highest BCUT2D eigenvalue weighted by Gasteiger charge is 2.40. The van der Waals surface area contributed by atoms with Gasteiger partial charge in [0.1, 0.15) is 29.9 Å². The zero-order valence-electron chi connectivity index (χ0n) is 43.1. The van der Waals surface area contributed by atoms with E-state index >= 15 is 0 Å². The largest absolute Gasteiger partial charge is 0.481 e. The molecule has 10 rings (SSSR count). The number of carboxylic acids is 1. The molecule has 6 aromatic rings. The molecule has 4 saturated heterocycles. The van der Waals surface area contributed by atoms with E-state index in [1.807, 2.05) is 60.7 Å². The molecule has 81 heavy (non-hydrogen) atoms. The molecule has 0 aliphatic carbocycles. The third kappa shape index (κ3) is 19.5. The maximum atomic E-state index is 13.4. The van der Waals surface area contributed by atoms with Crippen LogP contribution >= 0.6 is 0 Å². The van der Waals surface area contributed by atoms with Gasteiger partial charge in [0.25, 0.3) is 0 Å². The lowest BCUT2D eigenvalue weighted by Crippen LogP contribution is -2.38. The Morgan fingerprint density at radius 1 is 0.543 bits per heavy atom. The third-order valence-corrected chi connectivity index (χ3v) is 12.7. The van der Waals surface area contributed by atoms with E-state index in [1.54, 1.807) is 42.5 Å². The highest BCUT2D eigenvalue weighted by Crippen LogP contribution is 2.33. The summed E-state index contributed by atoms with van der Waals surface area (Å²) in [5.74, 6) is -5.28. The van der Waals surface area contributed by atoms with Crippen molar-refractivity contribution in [2.45, 2.75) is 82.6 Å². The zero-order chi connectivity index (χ0) is 57.0. The average molecular weight is 1120 g/mol. The minimum absolute atomic E-state index is 0. The number of nitrogens with two attached hydrogens (primary N) is 1. The van der Waals surface area contributed by atoms with E-state index in [2.05, 4.69) is 31.3 Å². The van der Waals surface area contributed by atoms with Crippen LogP contribution in [0, 0.1) is 35.1 Å². The number of esters is 1. The number of carboxylic acid groups (broad SMARTS) is 1. The average Bonchev–Trinajstić information content (AvgIpc) is 4.31. The van der Waals surface area contributed by atoms with Crippen LogP contribution in [0.1, 0.15) is 90.7 Å². The Bertz CT molecular complexity index is 3080. The fourth-order valence-corrected chi connectivity index (χ4v) is 8.94. The molecule has 17 nitrogen and oxygen atoms in total. The van der Waals surface area contributed by atoms with Gasteiger partial charge < -0.3 is 52.0 Å². The fourth-order valence-electron chi connectivity index (χ4n) is 8.94. The van der Waals surface area contributed by atoms with E-state index in [0.29, 0.717) is 23.1 Å². The van der Waals surface area contributed by atoms with Crippen molar-refractivity contribution in [1.29, 1.82) is 0 Å². The van der Waals surface area contributed by atoms with Gasteiger partial charge >= 0.3 is 18.0 Å². The monoisotopic (exact) mass is 1120 g/mol. The first kappa shape index (κ1) is 64.6. The Hall–Kier alpha value is -8.89. The summed E-state index contributed by atoms with van der Waals surface area (Å²) in [5, 5.41) is 30.8. The number of hydrogen-bond acceptors (Lipinski definition) is 11. The van der Waals surface area contributed by atoms with Crippen LogP contribution in [-0.4, -0.2) is 79.5 Å². The minimum atomic E-state index is -1.05. The van der Waals surface area contributed by atoms with Gasteiger partial charge in [-0.15, -0.1) is 0 Å². The molecule has 3 unspecified atom stereocenters. The molecular formula is C59H62BF4N6O11. The number of aliphatic hydroxyl groups is 1. The number of aliphatic carboxylic acids is 1. The molecule has 4 aliphatic rings. The van der Waals surface area contributed by atoms with E-state index in [1.165, 1.54) is 61.7 Å². The van der Waals surface area contributed by atoms with Gasteiger partial charge in [-0.3, -0.25) is 28.8 Å². The van der Waals surface area contributed by atoms with Crippen molar-refractivity contribution >= 4 is 50.1 Å². The number of rotatable bonds is 10. The standard InChI is InChI=1S/C18H17FN2O3.C12H12FNO3.C11H10FNO3.C10H11FN2O.C7H8O.CH4.B/c19-14-8-4-7-13(9-14)17-15(10-16(22)21-17)20-18(23)24-11-12-5-2-1-3-6-12;1-17-12(16)9-6-10(15)14-11(9)7-3-2-4-8(13)5-7;12-7-3-1-2-6(4-7)10-8(11(15)16)5-9(14)13-10;11-7-3-1-2-6(4-7)10-8(12)5-9(14)13-10;8-6-7-4-2-1-3-5-7;;/h1-9,15,17H,10-11H2,(H,20,23)(H,21,22);2-5,9,11H,6H2,1H3,(H,14,15);1-4,8,10H,5H2,(H,13,14)(H,15,16);1-4,8,10H,5,12H2,(H,13,14);1-5,8H,6H2;1H4;/t15-,17+;;8-,10+;8-,10?;;;/m0.00.../s1. The Morgan fingerprint density at radius 2 is 0.926 bits per heavy atom. The summed E-state index contributed by atoms with van der Waals surface area (Å²) in [5.41, 5.74) is 9.97. The first-order valence-corrected chi connectivity index (χ1v) is 24.8. The number of carbonyl (C=O) groups is 7. The Balaban J connectivity index is 0.000000224. The first-order chi connectivity index (χ1) is 37.9. The summed E-state index contributed by atoms with van der Waals surface area (Å²) in [6, 6.07) is 39.8. The Kier molecular flexibility index (Phi) is 25.3. The topological polar surface area (TPSA) is 265 Å². The van der Waals surface area contributed by atoms with E-state index < -0.39 is 65.7 Å². The van der Waals surface area contributed by atoms with Crippen LogP contribution < -0.4 is 32.3 Å². The molecule has 425 valence electrons. The van der Waals surface area contributed by atoms with Crippen molar-refractivity contribution in [2.24, 2.45) is 17.6 Å². The van der Waals surface area contributed by atoms with Crippen LogP contribution in [0.5, 0.6) is 0 Å². The van der Waals surface area contributed by atoms with Gasteiger partial charge in [-0.2, -0.15) is 0 Å². The Morgan fingerprint density at radius 3 is 1.33 bits per heavy atom. The van der Waals surface area contributed by atoms with E-state index in [-0.39, 0.29) is 95.7 Å². The number of carbonyl (C=O) groups excluding carboxylic acids is 6. The number of aliphatic hydroxyl groups excluding tert-OH is 1. The van der Waals surface area contributed by atoms with Gasteiger partial charge in [-0.25, -0.2) is 22.4 Å². The van der Waals surface area contributed by atoms with Gasteiger partial charge in [0.15, 0.2) is 0 Å². The van der Waals surface area contributed by atoms with Gasteiger partial charge in [0.05, 0.1) is 55.8 Å². The smallest absolute Gasteiger partial charge is 0.407 e. The summed E-state index contributed by atoms with van der Waals surface area (Å²) in [4.78, 5) is 79.6. The Labute approximate surface area is 467 Å². The number of methoxy groups -OCH3 is 1. The highest BCUT2D eigenvalue weighted by molar-refractivity contribution is 5.88. The van der Waals surface area contributed by atoms with E-state index in [4.69, 9.17) is 20.7 Å². The number of benzene rings is 6. The molecule has 0 bridgehead atoms. The maximum Gasteiger partial charge on any atom is 0.407 e. The zero-order valence-corrected chi connectivity index (χ0v) is 43.1. The van der Waals surface area contributed by atoms with Crippen LogP contribution in [0.3, 0.4) is 0 Å². The van der Waals surface area contributed by atoms with Crippen molar-refractivity contribution in [1.82, 2.24) is 26.6 Å². The van der Waals surface area contributed by atoms with Crippen molar-refractivity contribution in [3.63, 3.8) is 0 Å². The molecular weight excluding hydrogens is 1060 g/mol. The third-order valence-electron chi connectivity index (χ3n) is 12.7. The molecule has 0 saturated carbocycles.